The summed E-state index contributed by atoms with van der Waals surface area (Å²) in [4.78, 5) is 8.62. The van der Waals surface area contributed by atoms with E-state index in [-0.39, 0.29) is 0 Å². The minimum atomic E-state index is 0.484. The second-order valence-corrected chi connectivity index (χ2v) is 5.12. The third-order valence-electron chi connectivity index (χ3n) is 2.08. The van der Waals surface area contributed by atoms with Gasteiger partial charge in [-0.3, -0.25) is 0 Å². The Morgan fingerprint density at radius 2 is 1.69 bits per heavy atom. The maximum absolute atomic E-state index is 6.02. The van der Waals surface area contributed by atoms with Crippen molar-refractivity contribution in [2.24, 2.45) is 0 Å². The fourth-order valence-electron chi connectivity index (χ4n) is 1.25. The first-order valence-corrected chi connectivity index (χ1v) is 6.37. The number of hydrogen-bond donors (Lipinski definition) is 0. The number of halogens is 3. The van der Waals surface area contributed by atoms with E-state index < -0.39 is 0 Å². The summed E-state index contributed by atoms with van der Waals surface area (Å²) in [6.07, 6.45) is 0. The molecule has 0 fully saturated rings. The van der Waals surface area contributed by atoms with E-state index in [0.717, 1.165) is 14.8 Å². The minimum absolute atomic E-state index is 0.484. The van der Waals surface area contributed by atoms with Gasteiger partial charge < -0.3 is 0 Å². The van der Waals surface area contributed by atoms with Gasteiger partial charge in [0.2, 0.25) is 0 Å². The van der Waals surface area contributed by atoms with Gasteiger partial charge in [-0.1, -0.05) is 23.2 Å². The number of aromatic nitrogens is 2. The van der Waals surface area contributed by atoms with Crippen LogP contribution < -0.4 is 0 Å². The van der Waals surface area contributed by atoms with Gasteiger partial charge in [-0.2, -0.15) is 0 Å². The summed E-state index contributed by atoms with van der Waals surface area (Å²) in [5.41, 5.74) is 1.79. The molecule has 82 valence electrons. The van der Waals surface area contributed by atoms with Crippen LogP contribution in [0.2, 0.25) is 10.2 Å². The van der Waals surface area contributed by atoms with Crippen LogP contribution in [0, 0.1) is 10.5 Å². The first kappa shape index (κ1) is 12.1. The van der Waals surface area contributed by atoms with E-state index in [1.165, 1.54) is 0 Å². The van der Waals surface area contributed by atoms with Crippen molar-refractivity contribution in [3.8, 4) is 11.4 Å². The highest BCUT2D eigenvalue weighted by Crippen LogP contribution is 2.24. The predicted molar refractivity (Wildman–Crippen MR) is 74.9 cm³/mol. The normalized spacial score (nSPS) is 10.5. The van der Waals surface area contributed by atoms with Crippen LogP contribution in [0.15, 0.2) is 24.3 Å². The van der Waals surface area contributed by atoms with Gasteiger partial charge in [0, 0.05) is 10.6 Å². The van der Waals surface area contributed by atoms with Gasteiger partial charge in [-0.15, -0.1) is 0 Å². The Morgan fingerprint density at radius 1 is 1.06 bits per heavy atom. The molecular weight excluding hydrogens is 358 g/mol. The van der Waals surface area contributed by atoms with Gasteiger partial charge in [-0.25, -0.2) is 9.97 Å². The Labute approximate surface area is 117 Å². The van der Waals surface area contributed by atoms with Crippen LogP contribution >= 0.6 is 45.8 Å². The summed E-state index contributed by atoms with van der Waals surface area (Å²) in [5.74, 6) is 0.625. The quantitative estimate of drug-likeness (QED) is 0.554. The average Bonchev–Trinajstić information content (AvgIpc) is 2.26. The molecule has 1 aromatic heterocycles. The van der Waals surface area contributed by atoms with Gasteiger partial charge in [0.05, 0.1) is 9.26 Å². The molecule has 0 amide bonds. The van der Waals surface area contributed by atoms with Crippen molar-refractivity contribution in [1.82, 2.24) is 9.97 Å². The van der Waals surface area contributed by atoms with Gasteiger partial charge in [0.25, 0.3) is 0 Å². The molecule has 16 heavy (non-hydrogen) atoms. The zero-order valence-electron chi connectivity index (χ0n) is 8.34. The summed E-state index contributed by atoms with van der Waals surface area (Å²) in [6.45, 7) is 1.91. The molecule has 0 spiro atoms. The summed E-state index contributed by atoms with van der Waals surface area (Å²) >= 11 is 14.0. The molecule has 0 saturated heterocycles. The fraction of sp³-hybridized carbons (Fsp3) is 0.0909. The molecule has 0 aliphatic rings. The van der Waals surface area contributed by atoms with E-state index in [4.69, 9.17) is 23.2 Å². The van der Waals surface area contributed by atoms with Crippen molar-refractivity contribution in [1.29, 1.82) is 0 Å². The van der Waals surface area contributed by atoms with Crippen LogP contribution in [0.1, 0.15) is 5.69 Å². The standard InChI is InChI=1S/C11H7Cl2IN2/c1-6-9(14)10(13)16-11(15-6)7-2-4-8(12)5-3-7/h2-5H,1H3. The van der Waals surface area contributed by atoms with Crippen LogP contribution in [0.5, 0.6) is 0 Å². The Kier molecular flexibility index (Phi) is 3.66. The molecule has 2 aromatic rings. The molecule has 0 aliphatic heterocycles. The minimum Gasteiger partial charge on any atom is -0.232 e. The van der Waals surface area contributed by atoms with Crippen LogP contribution in [-0.4, -0.2) is 9.97 Å². The Bertz CT molecular complexity index is 503. The summed E-state index contributed by atoms with van der Waals surface area (Å²) in [7, 11) is 0. The molecule has 0 aliphatic carbocycles. The largest absolute Gasteiger partial charge is 0.232 e. The van der Waals surface area contributed by atoms with Gasteiger partial charge in [0.15, 0.2) is 5.82 Å². The first-order valence-electron chi connectivity index (χ1n) is 4.53. The van der Waals surface area contributed by atoms with E-state index in [2.05, 4.69) is 32.6 Å². The second-order valence-electron chi connectivity index (χ2n) is 3.24. The van der Waals surface area contributed by atoms with E-state index in [0.29, 0.717) is 16.0 Å². The molecule has 5 heteroatoms. The van der Waals surface area contributed by atoms with Gasteiger partial charge in [-0.05, 0) is 53.8 Å². The SMILES string of the molecule is Cc1nc(-c2ccc(Cl)cc2)nc(Cl)c1I. The first-order chi connectivity index (χ1) is 7.58. The molecule has 0 radical (unpaired) electrons. The maximum atomic E-state index is 6.02. The van der Waals surface area contributed by atoms with Crippen molar-refractivity contribution in [3.05, 3.63) is 43.7 Å². The van der Waals surface area contributed by atoms with Crippen molar-refractivity contribution >= 4 is 45.8 Å². The van der Waals surface area contributed by atoms with Crippen LogP contribution in [0.3, 0.4) is 0 Å². The predicted octanol–water partition coefficient (Wildman–Crippen LogP) is 4.36. The molecule has 2 nitrogen and oxygen atoms in total. The number of aryl methyl sites for hydroxylation is 1. The van der Waals surface area contributed by atoms with Crippen molar-refractivity contribution in [2.45, 2.75) is 6.92 Å². The van der Waals surface area contributed by atoms with Gasteiger partial charge in [0.1, 0.15) is 5.15 Å². The second kappa shape index (κ2) is 4.85. The monoisotopic (exact) mass is 364 g/mol. The fourth-order valence-corrected chi connectivity index (χ4v) is 1.84. The van der Waals surface area contributed by atoms with E-state index in [9.17, 15) is 0 Å². The lowest BCUT2D eigenvalue weighted by molar-refractivity contribution is 1.09. The Balaban J connectivity index is 2.52. The molecule has 2 rings (SSSR count). The van der Waals surface area contributed by atoms with Gasteiger partial charge >= 0.3 is 0 Å². The molecular formula is C11H7Cl2IN2. The molecule has 0 saturated carbocycles. The molecule has 1 aromatic carbocycles. The summed E-state index contributed by atoms with van der Waals surface area (Å²) in [6, 6.07) is 7.36. The number of benzene rings is 1. The molecule has 0 unspecified atom stereocenters. The summed E-state index contributed by atoms with van der Waals surface area (Å²) < 4.78 is 0.886. The Hall–Kier alpha value is -0.390. The zero-order chi connectivity index (χ0) is 11.7. The number of rotatable bonds is 1. The smallest absolute Gasteiger partial charge is 0.161 e. The topological polar surface area (TPSA) is 25.8 Å². The van der Waals surface area contributed by atoms with Crippen LogP contribution in [0.25, 0.3) is 11.4 Å². The summed E-state index contributed by atoms with van der Waals surface area (Å²) in [5, 5.41) is 1.18. The van der Waals surface area contributed by atoms with Crippen LogP contribution in [0.4, 0.5) is 0 Å². The van der Waals surface area contributed by atoms with Crippen molar-refractivity contribution in [3.63, 3.8) is 0 Å². The molecule has 0 N–H and O–H groups in total. The van der Waals surface area contributed by atoms with Crippen molar-refractivity contribution < 1.29 is 0 Å². The van der Waals surface area contributed by atoms with E-state index >= 15 is 0 Å². The third kappa shape index (κ3) is 2.47. The third-order valence-corrected chi connectivity index (χ3v) is 4.21. The van der Waals surface area contributed by atoms with E-state index in [1.807, 2.05) is 19.1 Å². The lowest BCUT2D eigenvalue weighted by atomic mass is 10.2. The zero-order valence-corrected chi connectivity index (χ0v) is 12.0. The number of hydrogen-bond acceptors (Lipinski definition) is 2. The molecule has 0 atom stereocenters. The van der Waals surface area contributed by atoms with Crippen LogP contribution in [-0.2, 0) is 0 Å². The lowest BCUT2D eigenvalue weighted by Gasteiger charge is -2.04. The number of nitrogens with zero attached hydrogens (tertiary/aromatic N) is 2. The average molecular weight is 365 g/mol. The van der Waals surface area contributed by atoms with E-state index in [1.54, 1.807) is 12.1 Å². The molecule has 1 heterocycles. The maximum Gasteiger partial charge on any atom is 0.161 e. The highest BCUT2D eigenvalue weighted by atomic mass is 127. The lowest BCUT2D eigenvalue weighted by Crippen LogP contribution is -1.96. The highest BCUT2D eigenvalue weighted by molar-refractivity contribution is 14.1. The Morgan fingerprint density at radius 3 is 2.25 bits per heavy atom. The van der Waals surface area contributed by atoms with Crippen molar-refractivity contribution in [2.75, 3.05) is 0 Å². The highest BCUT2D eigenvalue weighted by Gasteiger charge is 2.08. The molecule has 0 bridgehead atoms.